The van der Waals surface area contributed by atoms with Gasteiger partial charge in [-0.2, -0.15) is 9.61 Å². The van der Waals surface area contributed by atoms with Crippen LogP contribution in [-0.4, -0.2) is 56.6 Å². The zero-order chi connectivity index (χ0) is 22.8. The molecule has 2 aromatic carbocycles. The maximum Gasteiger partial charge on any atom is 0.321 e. The van der Waals surface area contributed by atoms with E-state index in [1.165, 1.54) is 15.9 Å². The fourth-order valence-corrected chi connectivity index (χ4v) is 4.81. The highest BCUT2D eigenvalue weighted by atomic mass is 32.1. The first-order valence-electron chi connectivity index (χ1n) is 10.9. The first-order valence-corrected chi connectivity index (χ1v) is 11.7. The molecule has 0 bridgehead atoms. The Hall–Kier alpha value is -3.56. The molecule has 4 aromatic rings. The molecular weight excluding hydrogens is 436 g/mol. The summed E-state index contributed by atoms with van der Waals surface area (Å²) in [6, 6.07) is 19.0. The largest absolute Gasteiger partial charge is 0.322 e. The summed E-state index contributed by atoms with van der Waals surface area (Å²) in [6.07, 6.45) is 0. The first kappa shape index (κ1) is 21.3. The molecule has 0 radical (unpaired) electrons. The van der Waals surface area contributed by atoms with Gasteiger partial charge in [0.2, 0.25) is 4.96 Å². The second-order valence-electron chi connectivity index (χ2n) is 8.06. The summed E-state index contributed by atoms with van der Waals surface area (Å²) in [4.78, 5) is 34.6. The van der Waals surface area contributed by atoms with E-state index in [-0.39, 0.29) is 11.6 Å². The van der Waals surface area contributed by atoms with Gasteiger partial charge in [-0.25, -0.2) is 9.78 Å². The second kappa shape index (κ2) is 9.13. The molecule has 0 spiro atoms. The zero-order valence-electron chi connectivity index (χ0n) is 18.3. The van der Waals surface area contributed by atoms with E-state index < -0.39 is 0 Å². The van der Waals surface area contributed by atoms with Crippen LogP contribution in [0.4, 0.5) is 10.5 Å². The third-order valence-electron chi connectivity index (χ3n) is 5.75. The highest BCUT2D eigenvalue weighted by Gasteiger charge is 2.22. The van der Waals surface area contributed by atoms with Crippen LogP contribution in [0, 0.1) is 6.92 Å². The number of nitrogens with one attached hydrogen (secondary N) is 1. The van der Waals surface area contributed by atoms with Crippen LogP contribution in [0.3, 0.4) is 0 Å². The molecule has 33 heavy (non-hydrogen) atoms. The minimum Gasteiger partial charge on any atom is -0.322 e. The number of carbonyl (C=O) groups excluding carboxylic acids is 1. The van der Waals surface area contributed by atoms with Crippen LogP contribution in [0.2, 0.25) is 0 Å². The topological polar surface area (TPSA) is 82.8 Å². The average Bonchev–Trinajstić information content (AvgIpc) is 3.26. The van der Waals surface area contributed by atoms with Crippen molar-refractivity contribution in [2.75, 3.05) is 31.5 Å². The number of nitrogens with zero attached hydrogens (tertiary/aromatic N) is 5. The van der Waals surface area contributed by atoms with Crippen molar-refractivity contribution in [1.82, 2.24) is 24.4 Å². The van der Waals surface area contributed by atoms with E-state index in [9.17, 15) is 9.59 Å². The van der Waals surface area contributed by atoms with Crippen LogP contribution in [0.5, 0.6) is 0 Å². The summed E-state index contributed by atoms with van der Waals surface area (Å²) < 4.78 is 1.37. The summed E-state index contributed by atoms with van der Waals surface area (Å²) in [5.41, 5.74) is 3.39. The molecular formula is C24H24N6O2S. The lowest BCUT2D eigenvalue weighted by Crippen LogP contribution is -2.49. The smallest absolute Gasteiger partial charge is 0.321 e. The molecule has 3 heterocycles. The molecule has 1 saturated heterocycles. The molecule has 9 heteroatoms. The van der Waals surface area contributed by atoms with Crippen molar-refractivity contribution in [2.45, 2.75) is 13.5 Å². The molecule has 1 aliphatic heterocycles. The molecule has 1 aliphatic rings. The number of hydrogen-bond donors (Lipinski definition) is 1. The lowest BCUT2D eigenvalue weighted by Gasteiger charge is -2.34. The molecule has 0 unspecified atom stereocenters. The summed E-state index contributed by atoms with van der Waals surface area (Å²) in [5.74, 6) is 0. The van der Waals surface area contributed by atoms with E-state index in [1.807, 2.05) is 66.4 Å². The Labute approximate surface area is 195 Å². The number of benzene rings is 2. The number of amides is 2. The van der Waals surface area contributed by atoms with Crippen molar-refractivity contribution in [2.24, 2.45) is 0 Å². The number of fused-ring (bicyclic) bond motifs is 1. The Morgan fingerprint density at radius 3 is 2.52 bits per heavy atom. The van der Waals surface area contributed by atoms with Gasteiger partial charge in [0, 0.05) is 50.0 Å². The van der Waals surface area contributed by atoms with E-state index in [0.29, 0.717) is 24.6 Å². The normalized spacial score (nSPS) is 14.5. The Morgan fingerprint density at radius 1 is 1.03 bits per heavy atom. The standard InChI is InChI=1S/C24H24N6O2S/c1-17-7-5-6-10-20(17)26-23(32)29-13-11-28(12-14-29)16-19-15-21(31)30-24(25-19)33-22(27-30)18-8-3-2-4-9-18/h2-10,15H,11-14,16H2,1H3,(H,26,32). The number of hydrogen-bond acceptors (Lipinski definition) is 6. The van der Waals surface area contributed by atoms with E-state index in [0.717, 1.165) is 40.6 Å². The lowest BCUT2D eigenvalue weighted by atomic mass is 10.2. The van der Waals surface area contributed by atoms with Gasteiger partial charge in [-0.3, -0.25) is 9.69 Å². The number of para-hydroxylation sites is 1. The van der Waals surface area contributed by atoms with Crippen molar-refractivity contribution in [3.8, 4) is 10.6 Å². The van der Waals surface area contributed by atoms with Gasteiger partial charge in [0.1, 0.15) is 5.01 Å². The van der Waals surface area contributed by atoms with Gasteiger partial charge in [-0.15, -0.1) is 0 Å². The van der Waals surface area contributed by atoms with Crippen molar-refractivity contribution < 1.29 is 4.79 Å². The lowest BCUT2D eigenvalue weighted by molar-refractivity contribution is 0.142. The van der Waals surface area contributed by atoms with Crippen molar-refractivity contribution in [3.05, 3.63) is 82.3 Å². The molecule has 2 aromatic heterocycles. The third-order valence-corrected chi connectivity index (χ3v) is 6.71. The number of urea groups is 1. The van der Waals surface area contributed by atoms with Gasteiger partial charge in [0.25, 0.3) is 5.56 Å². The average molecular weight is 461 g/mol. The van der Waals surface area contributed by atoms with Gasteiger partial charge in [-0.05, 0) is 18.6 Å². The van der Waals surface area contributed by atoms with Crippen molar-refractivity contribution in [1.29, 1.82) is 0 Å². The monoisotopic (exact) mass is 460 g/mol. The van der Waals surface area contributed by atoms with E-state index in [2.05, 4.69) is 20.3 Å². The van der Waals surface area contributed by atoms with Crippen LogP contribution in [0.15, 0.2) is 65.5 Å². The summed E-state index contributed by atoms with van der Waals surface area (Å²) in [7, 11) is 0. The van der Waals surface area contributed by atoms with E-state index in [4.69, 9.17) is 0 Å². The number of anilines is 1. The predicted molar refractivity (Wildman–Crippen MR) is 130 cm³/mol. The number of aryl methyl sites for hydroxylation is 1. The highest BCUT2D eigenvalue weighted by Crippen LogP contribution is 2.24. The minimum absolute atomic E-state index is 0.0835. The number of aromatic nitrogens is 3. The fourth-order valence-electron chi connectivity index (χ4n) is 3.88. The number of piperazine rings is 1. The van der Waals surface area contributed by atoms with Gasteiger partial charge in [-0.1, -0.05) is 59.9 Å². The molecule has 0 atom stereocenters. The SMILES string of the molecule is Cc1ccccc1NC(=O)N1CCN(Cc2cc(=O)n3nc(-c4ccccc4)sc3n2)CC1. The van der Waals surface area contributed by atoms with Crippen molar-refractivity contribution >= 4 is 28.0 Å². The summed E-state index contributed by atoms with van der Waals surface area (Å²) in [5, 5.41) is 8.20. The predicted octanol–water partition coefficient (Wildman–Crippen LogP) is 3.48. The molecule has 0 aliphatic carbocycles. The molecule has 1 fully saturated rings. The molecule has 5 rings (SSSR count). The molecule has 1 N–H and O–H groups in total. The fraction of sp³-hybridized carbons (Fsp3) is 0.250. The Bertz CT molecular complexity index is 1340. The Morgan fingerprint density at radius 2 is 1.76 bits per heavy atom. The van der Waals surface area contributed by atoms with E-state index in [1.54, 1.807) is 6.07 Å². The number of rotatable bonds is 4. The summed E-state index contributed by atoms with van der Waals surface area (Å²) >= 11 is 1.41. The third kappa shape index (κ3) is 4.64. The Balaban J connectivity index is 1.23. The van der Waals surface area contributed by atoms with Gasteiger partial charge < -0.3 is 10.2 Å². The quantitative estimate of drug-likeness (QED) is 0.504. The van der Waals surface area contributed by atoms with Gasteiger partial charge in [0.15, 0.2) is 0 Å². The van der Waals surface area contributed by atoms with Crippen LogP contribution >= 0.6 is 11.3 Å². The van der Waals surface area contributed by atoms with Crippen LogP contribution in [0.25, 0.3) is 15.5 Å². The number of carbonyl (C=O) groups is 1. The van der Waals surface area contributed by atoms with Crippen LogP contribution < -0.4 is 10.9 Å². The van der Waals surface area contributed by atoms with Crippen LogP contribution in [0.1, 0.15) is 11.3 Å². The van der Waals surface area contributed by atoms with Crippen molar-refractivity contribution in [3.63, 3.8) is 0 Å². The molecule has 8 nitrogen and oxygen atoms in total. The maximum atomic E-state index is 12.6. The van der Waals surface area contributed by atoms with E-state index >= 15 is 0 Å². The van der Waals surface area contributed by atoms with Crippen LogP contribution in [-0.2, 0) is 6.54 Å². The highest BCUT2D eigenvalue weighted by molar-refractivity contribution is 7.19. The Kier molecular flexibility index (Phi) is 5.89. The second-order valence-corrected chi connectivity index (χ2v) is 9.02. The molecule has 0 saturated carbocycles. The maximum absolute atomic E-state index is 12.6. The zero-order valence-corrected chi connectivity index (χ0v) is 19.1. The molecule has 168 valence electrons. The summed E-state index contributed by atoms with van der Waals surface area (Å²) in [6.45, 7) is 5.24. The minimum atomic E-state index is -0.176. The van der Waals surface area contributed by atoms with Gasteiger partial charge in [0.05, 0.1) is 5.69 Å². The van der Waals surface area contributed by atoms with Gasteiger partial charge >= 0.3 is 6.03 Å². The molecule has 2 amide bonds. The first-order chi connectivity index (χ1) is 16.1.